The van der Waals surface area contributed by atoms with Crippen molar-refractivity contribution in [3.05, 3.63) is 35.9 Å². The number of carboxylic acids is 1. The van der Waals surface area contributed by atoms with Crippen LogP contribution in [0.25, 0.3) is 0 Å². The van der Waals surface area contributed by atoms with Crippen LogP contribution in [-0.4, -0.2) is 28.6 Å². The van der Waals surface area contributed by atoms with Crippen LogP contribution in [0.5, 0.6) is 0 Å². The molecule has 20 heavy (non-hydrogen) atoms. The SMILES string of the molecule is NC(Cc1ccccc1)C(=O)NC1(CC(=O)O)CCC1. The van der Waals surface area contributed by atoms with Crippen molar-refractivity contribution in [2.45, 2.75) is 43.7 Å². The molecule has 0 saturated heterocycles. The highest BCUT2D eigenvalue weighted by Crippen LogP contribution is 2.34. The summed E-state index contributed by atoms with van der Waals surface area (Å²) < 4.78 is 0. The van der Waals surface area contributed by atoms with Crippen LogP contribution in [0.3, 0.4) is 0 Å². The fourth-order valence-corrected chi connectivity index (χ4v) is 2.55. The predicted octanol–water partition coefficient (Wildman–Crippen LogP) is 1.07. The van der Waals surface area contributed by atoms with Crippen molar-refractivity contribution >= 4 is 11.9 Å². The normalized spacial score (nSPS) is 17.9. The smallest absolute Gasteiger partial charge is 0.305 e. The molecule has 1 unspecified atom stereocenters. The molecule has 0 bridgehead atoms. The summed E-state index contributed by atoms with van der Waals surface area (Å²) in [4.78, 5) is 23.0. The second-order valence-corrected chi connectivity index (χ2v) is 5.49. The maximum absolute atomic E-state index is 12.1. The average Bonchev–Trinajstić information content (AvgIpc) is 2.36. The summed E-state index contributed by atoms with van der Waals surface area (Å²) in [6, 6.07) is 8.90. The second-order valence-electron chi connectivity index (χ2n) is 5.49. The van der Waals surface area contributed by atoms with E-state index in [4.69, 9.17) is 10.8 Å². The van der Waals surface area contributed by atoms with Gasteiger partial charge >= 0.3 is 5.97 Å². The zero-order valence-electron chi connectivity index (χ0n) is 11.3. The number of carboxylic acid groups (broad SMARTS) is 1. The summed E-state index contributed by atoms with van der Waals surface area (Å²) >= 11 is 0. The van der Waals surface area contributed by atoms with E-state index in [9.17, 15) is 9.59 Å². The number of benzene rings is 1. The van der Waals surface area contributed by atoms with Gasteiger partial charge in [0, 0.05) is 0 Å². The Morgan fingerprint density at radius 3 is 2.45 bits per heavy atom. The Morgan fingerprint density at radius 1 is 1.30 bits per heavy atom. The summed E-state index contributed by atoms with van der Waals surface area (Å²) in [7, 11) is 0. The van der Waals surface area contributed by atoms with Gasteiger partial charge in [0.05, 0.1) is 18.0 Å². The first kappa shape index (κ1) is 14.5. The maximum atomic E-state index is 12.1. The number of hydrogen-bond donors (Lipinski definition) is 3. The van der Waals surface area contributed by atoms with Crippen molar-refractivity contribution in [2.75, 3.05) is 0 Å². The molecule has 5 heteroatoms. The highest BCUT2D eigenvalue weighted by atomic mass is 16.4. The number of rotatable bonds is 6. The topological polar surface area (TPSA) is 92.4 Å². The largest absolute Gasteiger partial charge is 0.481 e. The van der Waals surface area contributed by atoms with E-state index in [2.05, 4.69) is 5.32 Å². The average molecular weight is 276 g/mol. The molecule has 1 atom stereocenters. The van der Waals surface area contributed by atoms with E-state index in [1.54, 1.807) is 0 Å². The molecule has 4 N–H and O–H groups in total. The molecule has 1 aromatic rings. The van der Waals surface area contributed by atoms with E-state index in [0.29, 0.717) is 19.3 Å². The van der Waals surface area contributed by atoms with Crippen LogP contribution in [-0.2, 0) is 16.0 Å². The van der Waals surface area contributed by atoms with E-state index >= 15 is 0 Å². The first-order valence-corrected chi connectivity index (χ1v) is 6.84. The van der Waals surface area contributed by atoms with E-state index < -0.39 is 17.6 Å². The molecule has 2 rings (SSSR count). The standard InChI is InChI=1S/C15H20N2O3/c16-12(9-11-5-2-1-3-6-11)14(20)17-15(7-4-8-15)10-13(18)19/h1-3,5-6,12H,4,7-10,16H2,(H,17,20)(H,18,19). The van der Waals surface area contributed by atoms with Gasteiger partial charge in [0.15, 0.2) is 0 Å². The van der Waals surface area contributed by atoms with E-state index in [1.165, 1.54) is 0 Å². The molecule has 1 aliphatic rings. The quantitative estimate of drug-likeness (QED) is 0.724. The number of nitrogens with one attached hydrogen (secondary N) is 1. The van der Waals surface area contributed by atoms with Crippen LogP contribution < -0.4 is 11.1 Å². The number of carbonyl (C=O) groups is 2. The van der Waals surface area contributed by atoms with Gasteiger partial charge in [-0.15, -0.1) is 0 Å². The van der Waals surface area contributed by atoms with E-state index in [0.717, 1.165) is 12.0 Å². The first-order chi connectivity index (χ1) is 9.51. The third kappa shape index (κ3) is 3.57. The van der Waals surface area contributed by atoms with Crippen molar-refractivity contribution in [2.24, 2.45) is 5.73 Å². The molecule has 0 heterocycles. The van der Waals surface area contributed by atoms with Crippen molar-refractivity contribution < 1.29 is 14.7 Å². The third-order valence-corrected chi connectivity index (χ3v) is 3.82. The Bertz CT molecular complexity index is 483. The molecule has 5 nitrogen and oxygen atoms in total. The number of aliphatic carboxylic acids is 1. The molecule has 0 aliphatic heterocycles. The van der Waals surface area contributed by atoms with Crippen LogP contribution in [0.2, 0.25) is 0 Å². The van der Waals surface area contributed by atoms with Crippen LogP contribution in [0.15, 0.2) is 30.3 Å². The molecular weight excluding hydrogens is 256 g/mol. The minimum Gasteiger partial charge on any atom is -0.481 e. The molecule has 1 aromatic carbocycles. The molecule has 1 fully saturated rings. The Hall–Kier alpha value is -1.88. The van der Waals surface area contributed by atoms with Crippen molar-refractivity contribution in [3.8, 4) is 0 Å². The Morgan fingerprint density at radius 2 is 1.95 bits per heavy atom. The number of hydrogen-bond acceptors (Lipinski definition) is 3. The monoisotopic (exact) mass is 276 g/mol. The lowest BCUT2D eigenvalue weighted by Crippen LogP contribution is -2.58. The fourth-order valence-electron chi connectivity index (χ4n) is 2.55. The Labute approximate surface area is 118 Å². The number of nitrogens with two attached hydrogens (primary N) is 1. The van der Waals surface area contributed by atoms with Crippen LogP contribution >= 0.6 is 0 Å². The molecular formula is C15H20N2O3. The lowest BCUT2D eigenvalue weighted by molar-refractivity contribution is -0.140. The van der Waals surface area contributed by atoms with Crippen LogP contribution in [0.4, 0.5) is 0 Å². The number of amides is 1. The lowest BCUT2D eigenvalue weighted by Gasteiger charge is -2.42. The van der Waals surface area contributed by atoms with Gasteiger partial charge in [-0.2, -0.15) is 0 Å². The maximum Gasteiger partial charge on any atom is 0.305 e. The summed E-state index contributed by atoms with van der Waals surface area (Å²) in [6.45, 7) is 0. The van der Waals surface area contributed by atoms with E-state index in [1.807, 2.05) is 30.3 Å². The van der Waals surface area contributed by atoms with Crippen molar-refractivity contribution in [1.29, 1.82) is 0 Å². The highest BCUT2D eigenvalue weighted by Gasteiger charge is 2.41. The number of carbonyl (C=O) groups excluding carboxylic acids is 1. The van der Waals surface area contributed by atoms with Gasteiger partial charge < -0.3 is 16.2 Å². The summed E-state index contributed by atoms with van der Waals surface area (Å²) in [5.74, 6) is -1.16. The molecule has 0 aromatic heterocycles. The fraction of sp³-hybridized carbons (Fsp3) is 0.467. The zero-order valence-corrected chi connectivity index (χ0v) is 11.3. The predicted molar refractivity (Wildman–Crippen MR) is 75.1 cm³/mol. The Balaban J connectivity index is 1.92. The minimum atomic E-state index is -0.887. The van der Waals surface area contributed by atoms with Crippen LogP contribution in [0, 0.1) is 0 Å². The molecule has 108 valence electrons. The molecule has 0 spiro atoms. The minimum absolute atomic E-state index is 0.0310. The van der Waals surface area contributed by atoms with Gasteiger partial charge in [-0.25, -0.2) is 0 Å². The molecule has 0 radical (unpaired) electrons. The van der Waals surface area contributed by atoms with Gasteiger partial charge in [0.25, 0.3) is 0 Å². The highest BCUT2D eigenvalue weighted by molar-refractivity contribution is 5.83. The first-order valence-electron chi connectivity index (χ1n) is 6.84. The second kappa shape index (κ2) is 6.05. The van der Waals surface area contributed by atoms with Crippen LogP contribution in [0.1, 0.15) is 31.2 Å². The van der Waals surface area contributed by atoms with Crippen molar-refractivity contribution in [3.63, 3.8) is 0 Å². The van der Waals surface area contributed by atoms with Gasteiger partial charge in [-0.05, 0) is 31.2 Å². The molecule has 1 saturated carbocycles. The third-order valence-electron chi connectivity index (χ3n) is 3.82. The molecule has 1 aliphatic carbocycles. The summed E-state index contributed by atoms with van der Waals surface area (Å²) in [5.41, 5.74) is 6.32. The lowest BCUT2D eigenvalue weighted by atomic mass is 9.74. The zero-order chi connectivity index (χ0) is 14.6. The van der Waals surface area contributed by atoms with Gasteiger partial charge in [-0.3, -0.25) is 9.59 Å². The van der Waals surface area contributed by atoms with Gasteiger partial charge in [0.2, 0.25) is 5.91 Å². The van der Waals surface area contributed by atoms with E-state index in [-0.39, 0.29) is 12.3 Å². The molecule has 1 amide bonds. The summed E-state index contributed by atoms with van der Waals surface area (Å²) in [6.07, 6.45) is 2.79. The van der Waals surface area contributed by atoms with Crippen molar-refractivity contribution in [1.82, 2.24) is 5.32 Å². The summed E-state index contributed by atoms with van der Waals surface area (Å²) in [5, 5.41) is 11.8. The van der Waals surface area contributed by atoms with Gasteiger partial charge in [0.1, 0.15) is 0 Å². The van der Waals surface area contributed by atoms with Gasteiger partial charge in [-0.1, -0.05) is 30.3 Å². The Kier molecular flexibility index (Phi) is 4.39.